The van der Waals surface area contributed by atoms with E-state index in [9.17, 15) is 0 Å². The number of hydrogen-bond donors (Lipinski definition) is 0. The van der Waals surface area contributed by atoms with Gasteiger partial charge in [-0.05, 0) is 36.8 Å². The predicted octanol–water partition coefficient (Wildman–Crippen LogP) is 5.97. The fourth-order valence-electron chi connectivity index (χ4n) is 3.06. The first-order chi connectivity index (χ1) is 12.3. The molecule has 0 unspecified atom stereocenters. The van der Waals surface area contributed by atoms with Gasteiger partial charge >= 0.3 is 0 Å². The molecule has 0 bridgehead atoms. The van der Waals surface area contributed by atoms with Crippen molar-refractivity contribution in [1.29, 1.82) is 0 Å². The number of nitrogens with zero attached hydrogens (tertiary/aromatic N) is 1. The minimum atomic E-state index is 0.659. The Balaban J connectivity index is 1.97. The van der Waals surface area contributed by atoms with Crippen molar-refractivity contribution in [3.05, 3.63) is 84.9 Å². The Bertz CT molecular complexity index is 994. The molecule has 0 radical (unpaired) electrons. The largest absolute Gasteiger partial charge is 0.494 e. The summed E-state index contributed by atoms with van der Waals surface area (Å²) in [4.78, 5) is 4.97. The van der Waals surface area contributed by atoms with Crippen molar-refractivity contribution in [2.45, 2.75) is 6.92 Å². The molecule has 2 heteroatoms. The van der Waals surface area contributed by atoms with Crippen LogP contribution in [0.25, 0.3) is 33.3 Å². The number of aromatic nitrogens is 1. The van der Waals surface area contributed by atoms with Gasteiger partial charge in [0.2, 0.25) is 0 Å². The molecule has 25 heavy (non-hydrogen) atoms. The maximum Gasteiger partial charge on any atom is 0.120 e. The third-order valence-electron chi connectivity index (χ3n) is 4.23. The molecule has 0 aliphatic heterocycles. The molecule has 0 saturated heterocycles. The summed E-state index contributed by atoms with van der Waals surface area (Å²) in [6.07, 6.45) is 0. The van der Waals surface area contributed by atoms with Crippen LogP contribution in [0.15, 0.2) is 84.9 Å². The molecule has 0 atom stereocenters. The van der Waals surface area contributed by atoms with Crippen LogP contribution in [0.4, 0.5) is 0 Å². The Kier molecular flexibility index (Phi) is 4.17. The van der Waals surface area contributed by atoms with E-state index in [4.69, 9.17) is 9.72 Å². The van der Waals surface area contributed by atoms with Crippen LogP contribution in [0.5, 0.6) is 5.75 Å². The van der Waals surface area contributed by atoms with E-state index in [1.807, 2.05) is 43.3 Å². The van der Waals surface area contributed by atoms with E-state index in [1.54, 1.807) is 0 Å². The lowest BCUT2D eigenvalue weighted by atomic mass is 9.97. The molecule has 4 aromatic rings. The van der Waals surface area contributed by atoms with Gasteiger partial charge in [0, 0.05) is 16.5 Å². The second-order valence-corrected chi connectivity index (χ2v) is 5.90. The summed E-state index contributed by atoms with van der Waals surface area (Å²) in [5.74, 6) is 0.878. The van der Waals surface area contributed by atoms with E-state index >= 15 is 0 Å². The van der Waals surface area contributed by atoms with Crippen molar-refractivity contribution in [3.8, 4) is 28.1 Å². The zero-order valence-electron chi connectivity index (χ0n) is 14.1. The Morgan fingerprint density at radius 3 is 2.12 bits per heavy atom. The number of benzene rings is 3. The van der Waals surface area contributed by atoms with E-state index in [0.717, 1.165) is 39.0 Å². The molecule has 0 fully saturated rings. The first kappa shape index (κ1) is 15.4. The zero-order chi connectivity index (χ0) is 17.1. The second kappa shape index (κ2) is 6.78. The van der Waals surface area contributed by atoms with E-state index in [-0.39, 0.29) is 0 Å². The summed E-state index contributed by atoms with van der Waals surface area (Å²) in [6.45, 7) is 2.66. The molecule has 0 aliphatic carbocycles. The third kappa shape index (κ3) is 3.11. The molecular weight excluding hydrogens is 306 g/mol. The van der Waals surface area contributed by atoms with Crippen molar-refractivity contribution < 1.29 is 4.74 Å². The number of rotatable bonds is 4. The van der Waals surface area contributed by atoms with Gasteiger partial charge in [0.05, 0.1) is 17.8 Å². The molecule has 122 valence electrons. The van der Waals surface area contributed by atoms with Crippen molar-refractivity contribution in [3.63, 3.8) is 0 Å². The minimum absolute atomic E-state index is 0.659. The number of hydrogen-bond acceptors (Lipinski definition) is 2. The van der Waals surface area contributed by atoms with Crippen molar-refractivity contribution in [1.82, 2.24) is 4.98 Å². The summed E-state index contributed by atoms with van der Waals surface area (Å²) in [5.41, 5.74) is 5.40. The van der Waals surface area contributed by atoms with E-state index in [0.29, 0.717) is 6.61 Å². The molecule has 0 aliphatic rings. The zero-order valence-corrected chi connectivity index (χ0v) is 14.1. The van der Waals surface area contributed by atoms with Gasteiger partial charge in [0.15, 0.2) is 0 Å². The molecule has 1 heterocycles. The van der Waals surface area contributed by atoms with E-state index < -0.39 is 0 Å². The summed E-state index contributed by atoms with van der Waals surface area (Å²) in [6, 6.07) is 29.0. The van der Waals surface area contributed by atoms with Crippen LogP contribution in [-0.4, -0.2) is 11.6 Å². The van der Waals surface area contributed by atoms with Crippen LogP contribution in [0.1, 0.15) is 6.92 Å². The molecule has 0 spiro atoms. The standard InChI is InChI=1S/C23H19NO/c1-2-25-20-13-14-22-19(15-20)16-21(17-9-5-3-6-10-17)23(24-22)18-11-7-4-8-12-18/h3-16H,2H2,1H3. The number of pyridine rings is 1. The molecule has 4 rings (SSSR count). The smallest absolute Gasteiger partial charge is 0.120 e. The maximum atomic E-state index is 5.65. The molecular formula is C23H19NO. The third-order valence-corrected chi connectivity index (χ3v) is 4.23. The highest BCUT2D eigenvalue weighted by molar-refractivity contribution is 5.92. The fraction of sp³-hybridized carbons (Fsp3) is 0.0870. The quantitative estimate of drug-likeness (QED) is 0.461. The Morgan fingerprint density at radius 2 is 1.44 bits per heavy atom. The molecule has 0 N–H and O–H groups in total. The first-order valence-corrected chi connectivity index (χ1v) is 8.53. The lowest BCUT2D eigenvalue weighted by Gasteiger charge is -2.12. The number of ether oxygens (including phenoxy) is 1. The second-order valence-electron chi connectivity index (χ2n) is 5.90. The molecule has 3 aromatic carbocycles. The van der Waals surface area contributed by atoms with Crippen LogP contribution in [0.3, 0.4) is 0 Å². The van der Waals surface area contributed by atoms with Gasteiger partial charge < -0.3 is 4.74 Å². The van der Waals surface area contributed by atoms with E-state index in [2.05, 4.69) is 48.5 Å². The van der Waals surface area contributed by atoms with Crippen LogP contribution in [0, 0.1) is 0 Å². The number of fused-ring (bicyclic) bond motifs is 1. The normalized spacial score (nSPS) is 10.8. The highest BCUT2D eigenvalue weighted by atomic mass is 16.5. The highest BCUT2D eigenvalue weighted by Crippen LogP contribution is 2.34. The Hall–Kier alpha value is -3.13. The van der Waals surface area contributed by atoms with Gasteiger partial charge in [-0.2, -0.15) is 0 Å². The Morgan fingerprint density at radius 1 is 0.760 bits per heavy atom. The minimum Gasteiger partial charge on any atom is -0.494 e. The lowest BCUT2D eigenvalue weighted by Crippen LogP contribution is -1.94. The van der Waals surface area contributed by atoms with Crippen LogP contribution >= 0.6 is 0 Å². The first-order valence-electron chi connectivity index (χ1n) is 8.53. The summed E-state index contributed by atoms with van der Waals surface area (Å²) in [5, 5.41) is 1.09. The molecule has 0 saturated carbocycles. The topological polar surface area (TPSA) is 22.1 Å². The van der Waals surface area contributed by atoms with Crippen LogP contribution in [0.2, 0.25) is 0 Å². The summed E-state index contributed by atoms with van der Waals surface area (Å²) >= 11 is 0. The van der Waals surface area contributed by atoms with Gasteiger partial charge in [-0.25, -0.2) is 4.98 Å². The lowest BCUT2D eigenvalue weighted by molar-refractivity contribution is 0.340. The monoisotopic (exact) mass is 325 g/mol. The SMILES string of the molecule is CCOc1ccc2nc(-c3ccccc3)c(-c3ccccc3)cc2c1. The van der Waals surface area contributed by atoms with Crippen molar-refractivity contribution in [2.24, 2.45) is 0 Å². The Labute approximate surface area is 147 Å². The van der Waals surface area contributed by atoms with Gasteiger partial charge in [-0.3, -0.25) is 0 Å². The fourth-order valence-corrected chi connectivity index (χ4v) is 3.06. The predicted molar refractivity (Wildman–Crippen MR) is 104 cm³/mol. The van der Waals surface area contributed by atoms with Crippen LogP contribution in [-0.2, 0) is 0 Å². The summed E-state index contributed by atoms with van der Waals surface area (Å²) in [7, 11) is 0. The van der Waals surface area contributed by atoms with Crippen LogP contribution < -0.4 is 4.74 Å². The molecule has 1 aromatic heterocycles. The van der Waals surface area contributed by atoms with E-state index in [1.165, 1.54) is 0 Å². The van der Waals surface area contributed by atoms with Crippen molar-refractivity contribution >= 4 is 10.9 Å². The van der Waals surface area contributed by atoms with Gasteiger partial charge in [-0.1, -0.05) is 60.7 Å². The molecule has 2 nitrogen and oxygen atoms in total. The average Bonchev–Trinajstić information content (AvgIpc) is 2.68. The van der Waals surface area contributed by atoms with Crippen molar-refractivity contribution in [2.75, 3.05) is 6.61 Å². The van der Waals surface area contributed by atoms with Gasteiger partial charge in [0.1, 0.15) is 5.75 Å². The maximum absolute atomic E-state index is 5.65. The average molecular weight is 325 g/mol. The molecule has 0 amide bonds. The summed E-state index contributed by atoms with van der Waals surface area (Å²) < 4.78 is 5.65. The van der Waals surface area contributed by atoms with Gasteiger partial charge in [-0.15, -0.1) is 0 Å². The highest BCUT2D eigenvalue weighted by Gasteiger charge is 2.11. The van der Waals surface area contributed by atoms with Gasteiger partial charge in [0.25, 0.3) is 0 Å².